The first kappa shape index (κ1) is 28.5. The number of benzene rings is 4. The van der Waals surface area contributed by atoms with E-state index in [-0.39, 0.29) is 6.61 Å². The minimum absolute atomic E-state index is 0.275. The molecule has 0 spiro atoms. The third kappa shape index (κ3) is 6.64. The molecule has 0 atom stereocenters. The molecule has 0 unspecified atom stereocenters. The van der Waals surface area contributed by atoms with Gasteiger partial charge in [0.05, 0.1) is 0 Å². The van der Waals surface area contributed by atoms with Crippen LogP contribution in [0.15, 0.2) is 91.0 Å². The Kier molecular flexibility index (Phi) is 9.07. The second-order valence-electron chi connectivity index (χ2n) is 9.06. The van der Waals surface area contributed by atoms with Gasteiger partial charge in [-0.15, -0.1) is 0 Å². The number of methoxy groups -OCH3 is 4. The average molecular weight is 577 g/mol. The normalized spacial score (nSPS) is 16.4. The van der Waals surface area contributed by atoms with Gasteiger partial charge >= 0.3 is 241 Å². The van der Waals surface area contributed by atoms with E-state index in [1.54, 1.807) is 28.4 Å². The van der Waals surface area contributed by atoms with Crippen molar-refractivity contribution in [1.29, 1.82) is 0 Å². The molecule has 0 aliphatic carbocycles. The van der Waals surface area contributed by atoms with E-state index in [0.717, 1.165) is 22.3 Å². The fourth-order valence-corrected chi connectivity index (χ4v) is 6.19. The Bertz CT molecular complexity index is 1440. The van der Waals surface area contributed by atoms with Crippen molar-refractivity contribution in [1.82, 2.24) is 0 Å². The van der Waals surface area contributed by atoms with E-state index in [9.17, 15) is 0 Å². The van der Waals surface area contributed by atoms with E-state index in [0.29, 0.717) is 28.7 Å². The summed E-state index contributed by atoms with van der Waals surface area (Å²) < 4.78 is 47.1. The molecule has 1 aliphatic heterocycles. The van der Waals surface area contributed by atoms with Crippen LogP contribution in [0.2, 0.25) is 0 Å². The molecule has 41 heavy (non-hydrogen) atoms. The van der Waals surface area contributed by atoms with Gasteiger partial charge < -0.3 is 0 Å². The van der Waals surface area contributed by atoms with Crippen molar-refractivity contribution in [3.8, 4) is 28.7 Å². The molecule has 0 amide bonds. The number of hydrogen-bond donors (Lipinski definition) is 0. The van der Waals surface area contributed by atoms with Gasteiger partial charge in [0, 0.05) is 0 Å². The summed E-state index contributed by atoms with van der Waals surface area (Å²) in [6.07, 6.45) is 3.31. The van der Waals surface area contributed by atoms with Gasteiger partial charge in [-0.2, -0.15) is 0 Å². The summed E-state index contributed by atoms with van der Waals surface area (Å²) >= 11 is 0. The molecule has 0 N–H and O–H groups in total. The van der Waals surface area contributed by atoms with Crippen LogP contribution >= 0.6 is 8.17 Å². The molecular weight excluding hydrogens is 543 g/mol. The van der Waals surface area contributed by atoms with Crippen molar-refractivity contribution in [2.75, 3.05) is 28.4 Å². The second-order valence-corrected chi connectivity index (χ2v) is 11.0. The summed E-state index contributed by atoms with van der Waals surface area (Å²) in [5.41, 5.74) is 3.59. The fourth-order valence-electron chi connectivity index (χ4n) is 4.31. The Morgan fingerprint density at radius 2 is 1.22 bits per heavy atom. The van der Waals surface area contributed by atoms with Crippen molar-refractivity contribution < 1.29 is 37.0 Å². The van der Waals surface area contributed by atoms with Gasteiger partial charge in [0.2, 0.25) is 0 Å². The van der Waals surface area contributed by atoms with Gasteiger partial charge in [-0.05, 0) is 0 Å². The van der Waals surface area contributed by atoms with Crippen molar-refractivity contribution in [2.24, 2.45) is 0 Å². The maximum absolute atomic E-state index is 6.39. The van der Waals surface area contributed by atoms with Crippen LogP contribution in [0.4, 0.5) is 0 Å². The van der Waals surface area contributed by atoms with Crippen molar-refractivity contribution in [3.63, 3.8) is 0 Å². The summed E-state index contributed by atoms with van der Waals surface area (Å²) in [7, 11) is 2.78. The molecule has 1 saturated heterocycles. The quantitative estimate of drug-likeness (QED) is 0.126. The monoisotopic (exact) mass is 576 g/mol. The van der Waals surface area contributed by atoms with E-state index in [1.165, 1.54) is 0 Å². The molecule has 4 aromatic carbocycles. The van der Waals surface area contributed by atoms with E-state index in [2.05, 4.69) is 0 Å². The van der Waals surface area contributed by atoms with E-state index in [4.69, 9.17) is 37.0 Å². The SMILES string of the molecule is COc1ccc(/C=C/c2cc(OC)c(OC)c(OC)c2)cc1O[PH]1(OCc2ccccc2)OC(c2ccccc2)O1. The summed E-state index contributed by atoms with van der Waals surface area (Å²) in [6, 6.07) is 28.9. The van der Waals surface area contributed by atoms with Crippen LogP contribution in [0.1, 0.15) is 28.5 Å². The Morgan fingerprint density at radius 1 is 0.634 bits per heavy atom. The molecule has 0 bridgehead atoms. The number of ether oxygens (including phenoxy) is 4. The fraction of sp³-hybridized carbons (Fsp3) is 0.188. The molecule has 1 aliphatic rings. The van der Waals surface area contributed by atoms with E-state index < -0.39 is 14.5 Å². The zero-order valence-electron chi connectivity index (χ0n) is 23.4. The van der Waals surface area contributed by atoms with Gasteiger partial charge in [0.15, 0.2) is 0 Å². The van der Waals surface area contributed by atoms with Gasteiger partial charge in [-0.1, -0.05) is 0 Å². The van der Waals surface area contributed by atoms with Crippen LogP contribution in [0.25, 0.3) is 12.2 Å². The standard InChI is InChI=1S/C32H33O8P/c1-33-27-18-17-23(15-16-25-20-29(34-2)31(36-4)30(21-25)35-3)19-28(27)38-41(37-22-24-11-7-5-8-12-24)39-32(40-41)26-13-9-6-10-14-26/h5-21,32,41H,22H2,1-4H3/b16-15+. The van der Waals surface area contributed by atoms with Gasteiger partial charge in [-0.3, -0.25) is 0 Å². The average Bonchev–Trinajstić information content (AvgIpc) is 3.01. The minimum atomic E-state index is -3.56. The summed E-state index contributed by atoms with van der Waals surface area (Å²) in [6.45, 7) is 0.275. The van der Waals surface area contributed by atoms with Crippen LogP contribution < -0.4 is 23.5 Å². The van der Waals surface area contributed by atoms with Crippen LogP contribution in [-0.4, -0.2) is 28.4 Å². The Hall–Kier alpha value is -4.07. The third-order valence-corrected chi connectivity index (χ3v) is 8.38. The molecule has 8 nitrogen and oxygen atoms in total. The molecule has 9 heteroatoms. The van der Waals surface area contributed by atoms with Crippen LogP contribution in [0.5, 0.6) is 28.7 Å². The first-order valence-corrected chi connectivity index (χ1v) is 14.6. The van der Waals surface area contributed by atoms with Gasteiger partial charge in [0.25, 0.3) is 0 Å². The van der Waals surface area contributed by atoms with E-state index >= 15 is 0 Å². The maximum atomic E-state index is 6.39. The van der Waals surface area contributed by atoms with Crippen LogP contribution in [0.3, 0.4) is 0 Å². The second kappa shape index (κ2) is 13.1. The molecule has 214 valence electrons. The predicted octanol–water partition coefficient (Wildman–Crippen LogP) is 7.64. The zero-order valence-corrected chi connectivity index (χ0v) is 24.4. The summed E-state index contributed by atoms with van der Waals surface area (Å²) in [5.74, 6) is 2.65. The molecule has 0 saturated carbocycles. The topological polar surface area (TPSA) is 73.8 Å². The number of rotatable bonds is 12. The molecular formula is C32H33O8P. The first-order valence-electron chi connectivity index (χ1n) is 13.0. The molecule has 1 heterocycles. The zero-order chi connectivity index (χ0) is 28.7. The molecule has 0 aromatic heterocycles. The Balaban J connectivity index is 1.40. The summed E-state index contributed by atoms with van der Waals surface area (Å²) in [4.78, 5) is 0. The predicted molar refractivity (Wildman–Crippen MR) is 160 cm³/mol. The van der Waals surface area contributed by atoms with Gasteiger partial charge in [0.1, 0.15) is 0 Å². The van der Waals surface area contributed by atoms with Crippen LogP contribution in [-0.2, 0) is 20.2 Å². The van der Waals surface area contributed by atoms with Crippen molar-refractivity contribution >= 4 is 20.3 Å². The molecule has 4 aromatic rings. The van der Waals surface area contributed by atoms with E-state index in [1.807, 2.05) is 103 Å². The Labute approximate surface area is 240 Å². The first-order chi connectivity index (χ1) is 20.1. The van der Waals surface area contributed by atoms with Gasteiger partial charge in [-0.25, -0.2) is 0 Å². The van der Waals surface area contributed by atoms with Crippen LogP contribution in [0, 0.1) is 0 Å². The van der Waals surface area contributed by atoms with Crippen molar-refractivity contribution in [3.05, 3.63) is 113 Å². The molecule has 0 radical (unpaired) electrons. The summed E-state index contributed by atoms with van der Waals surface area (Å²) in [5, 5.41) is 0. The molecule has 5 rings (SSSR count). The van der Waals surface area contributed by atoms with Crippen molar-refractivity contribution in [2.45, 2.75) is 12.9 Å². The Morgan fingerprint density at radius 3 is 1.83 bits per heavy atom. The molecule has 1 fully saturated rings. The third-order valence-electron chi connectivity index (χ3n) is 6.41. The number of hydrogen-bond acceptors (Lipinski definition) is 8.